The lowest BCUT2D eigenvalue weighted by Crippen LogP contribution is -2.40. The summed E-state index contributed by atoms with van der Waals surface area (Å²) in [4.78, 5) is 7.68. The molecular weight excluding hydrogens is 330 g/mol. The lowest BCUT2D eigenvalue weighted by molar-refractivity contribution is 0.140. The predicted octanol–water partition coefficient (Wildman–Crippen LogP) is 2.28. The van der Waals surface area contributed by atoms with Crippen molar-refractivity contribution in [3.05, 3.63) is 16.1 Å². The molecule has 0 unspecified atom stereocenters. The molecule has 2 rings (SSSR count). The number of hydrogen-bond acceptors (Lipinski definition) is 5. The van der Waals surface area contributed by atoms with E-state index >= 15 is 0 Å². The molecule has 1 N–H and O–H groups in total. The Morgan fingerprint density at radius 3 is 2.65 bits per heavy atom. The molecule has 2 atom stereocenters. The lowest BCUT2D eigenvalue weighted by Gasteiger charge is -2.34. The zero-order valence-corrected chi connectivity index (χ0v) is 16.0. The maximum atomic E-state index is 12.1. The molecule has 1 aliphatic heterocycles. The van der Waals surface area contributed by atoms with E-state index in [4.69, 9.17) is 0 Å². The van der Waals surface area contributed by atoms with Crippen LogP contribution in [0.15, 0.2) is 5.51 Å². The van der Waals surface area contributed by atoms with Crippen LogP contribution in [0, 0.1) is 18.8 Å². The monoisotopic (exact) mass is 359 g/mol. The Morgan fingerprint density at radius 1 is 1.35 bits per heavy atom. The summed E-state index contributed by atoms with van der Waals surface area (Å²) in [6.45, 7) is 10.3. The summed E-state index contributed by atoms with van der Waals surface area (Å²) in [5, 5.41) is 0. The van der Waals surface area contributed by atoms with Crippen molar-refractivity contribution in [3.63, 3.8) is 0 Å². The summed E-state index contributed by atoms with van der Waals surface area (Å²) in [5.41, 5.74) is 2.71. The van der Waals surface area contributed by atoms with Crippen molar-refractivity contribution in [2.75, 3.05) is 31.9 Å². The van der Waals surface area contributed by atoms with E-state index in [1.807, 2.05) is 6.92 Å². The predicted molar refractivity (Wildman–Crippen MR) is 96.3 cm³/mol. The number of likely N-dealkylation sites (tertiary alicyclic amines) is 1. The molecule has 132 valence electrons. The second-order valence-corrected chi connectivity index (χ2v) is 9.75. The second-order valence-electron chi connectivity index (χ2n) is 6.88. The Hall–Kier alpha value is -0.500. The normalized spacial score (nSPS) is 23.3. The van der Waals surface area contributed by atoms with E-state index in [0.717, 1.165) is 48.5 Å². The maximum absolute atomic E-state index is 12.1. The Bertz CT molecular complexity index is 576. The van der Waals surface area contributed by atoms with Crippen LogP contribution in [0.1, 0.15) is 37.3 Å². The number of nitrogens with zero attached hydrogens (tertiary/aromatic N) is 2. The number of rotatable bonds is 8. The van der Waals surface area contributed by atoms with Gasteiger partial charge in [0.05, 0.1) is 17.0 Å². The molecule has 0 aliphatic carbocycles. The highest BCUT2D eigenvalue weighted by molar-refractivity contribution is 7.89. The van der Waals surface area contributed by atoms with Crippen molar-refractivity contribution in [1.29, 1.82) is 0 Å². The van der Waals surface area contributed by atoms with Gasteiger partial charge < -0.3 is 4.90 Å². The average molecular weight is 360 g/mol. The molecule has 2 heterocycles. The van der Waals surface area contributed by atoms with E-state index in [1.54, 1.807) is 5.51 Å². The highest BCUT2D eigenvalue weighted by Crippen LogP contribution is 2.20. The molecule has 0 bridgehead atoms. The molecule has 1 aromatic rings. The van der Waals surface area contributed by atoms with E-state index in [9.17, 15) is 8.42 Å². The van der Waals surface area contributed by atoms with Gasteiger partial charge in [0.25, 0.3) is 0 Å². The van der Waals surface area contributed by atoms with Gasteiger partial charge in [-0.15, -0.1) is 11.3 Å². The molecule has 7 heteroatoms. The molecule has 1 fully saturated rings. The Balaban J connectivity index is 1.65. The lowest BCUT2D eigenvalue weighted by atomic mass is 9.92. The minimum atomic E-state index is -3.19. The molecule has 0 saturated carbocycles. The Kier molecular flexibility index (Phi) is 7.00. The average Bonchev–Trinajstić information content (AvgIpc) is 2.86. The minimum absolute atomic E-state index is 0.147. The highest BCUT2D eigenvalue weighted by atomic mass is 32.2. The van der Waals surface area contributed by atoms with Crippen LogP contribution in [0.5, 0.6) is 0 Å². The van der Waals surface area contributed by atoms with Gasteiger partial charge in [0.1, 0.15) is 0 Å². The molecule has 1 aliphatic rings. The minimum Gasteiger partial charge on any atom is -0.303 e. The van der Waals surface area contributed by atoms with Gasteiger partial charge >= 0.3 is 0 Å². The summed E-state index contributed by atoms with van der Waals surface area (Å²) in [5.74, 6) is 1.64. The summed E-state index contributed by atoms with van der Waals surface area (Å²) < 4.78 is 26.8. The van der Waals surface area contributed by atoms with Crippen LogP contribution in [0.3, 0.4) is 0 Å². The topological polar surface area (TPSA) is 62.3 Å². The van der Waals surface area contributed by atoms with E-state index in [2.05, 4.69) is 28.5 Å². The number of piperidine rings is 1. The molecule has 0 aromatic carbocycles. The number of nitrogens with one attached hydrogen (secondary N) is 1. The van der Waals surface area contributed by atoms with E-state index in [1.165, 1.54) is 17.8 Å². The van der Waals surface area contributed by atoms with Crippen LogP contribution in [-0.2, 0) is 16.4 Å². The first-order valence-corrected chi connectivity index (χ1v) is 11.0. The van der Waals surface area contributed by atoms with Crippen LogP contribution in [0.25, 0.3) is 0 Å². The first-order chi connectivity index (χ1) is 10.9. The summed E-state index contributed by atoms with van der Waals surface area (Å²) >= 11 is 1.53. The smallest absolute Gasteiger partial charge is 0.211 e. The van der Waals surface area contributed by atoms with Crippen LogP contribution < -0.4 is 4.72 Å². The third-order valence-electron chi connectivity index (χ3n) is 4.36. The van der Waals surface area contributed by atoms with Gasteiger partial charge in [-0.2, -0.15) is 0 Å². The zero-order valence-electron chi connectivity index (χ0n) is 14.4. The molecule has 5 nitrogen and oxygen atoms in total. The molecule has 0 spiro atoms. The second kappa shape index (κ2) is 8.55. The van der Waals surface area contributed by atoms with E-state index < -0.39 is 10.0 Å². The largest absolute Gasteiger partial charge is 0.303 e. The number of hydrogen-bond donors (Lipinski definition) is 1. The van der Waals surface area contributed by atoms with Crippen LogP contribution >= 0.6 is 11.3 Å². The van der Waals surface area contributed by atoms with E-state index in [-0.39, 0.29) is 5.75 Å². The molecule has 23 heavy (non-hydrogen) atoms. The molecule has 0 amide bonds. The van der Waals surface area contributed by atoms with Crippen LogP contribution in [-0.4, -0.2) is 50.2 Å². The maximum Gasteiger partial charge on any atom is 0.211 e. The SMILES string of the molecule is Cc1ncsc1CCS(=O)(=O)NCCCN1C[C@H](C)C[C@@H](C)C1. The van der Waals surface area contributed by atoms with Gasteiger partial charge in [0.15, 0.2) is 0 Å². The third-order valence-corrected chi connectivity index (χ3v) is 6.74. The first kappa shape index (κ1) is 18.8. The van der Waals surface area contributed by atoms with Gasteiger partial charge in [-0.05, 0) is 44.6 Å². The van der Waals surface area contributed by atoms with Gasteiger partial charge in [-0.1, -0.05) is 13.8 Å². The van der Waals surface area contributed by atoms with Gasteiger partial charge in [-0.25, -0.2) is 18.1 Å². The van der Waals surface area contributed by atoms with Crippen molar-refractivity contribution in [2.45, 2.75) is 40.0 Å². The number of aromatic nitrogens is 1. The van der Waals surface area contributed by atoms with Crippen molar-refractivity contribution in [3.8, 4) is 0 Å². The standard InChI is InChI=1S/C16H29N3O2S2/c1-13-9-14(2)11-19(10-13)7-4-6-18-23(20,21)8-5-16-15(3)17-12-22-16/h12-14,18H,4-11H2,1-3H3/t13-,14-/m1/s1. The van der Waals surface area contributed by atoms with Gasteiger partial charge in [0, 0.05) is 24.5 Å². The molecule has 0 radical (unpaired) electrons. The van der Waals surface area contributed by atoms with E-state index in [0.29, 0.717) is 13.0 Å². The summed E-state index contributed by atoms with van der Waals surface area (Å²) in [7, 11) is -3.19. The van der Waals surface area contributed by atoms with Crippen LogP contribution in [0.2, 0.25) is 0 Å². The third kappa shape index (κ3) is 6.49. The Morgan fingerprint density at radius 2 is 2.04 bits per heavy atom. The zero-order chi connectivity index (χ0) is 16.9. The number of thiazole rings is 1. The van der Waals surface area contributed by atoms with Gasteiger partial charge in [0.2, 0.25) is 10.0 Å². The molecule has 1 aromatic heterocycles. The Labute approximate surface area is 144 Å². The van der Waals surface area contributed by atoms with Crippen LogP contribution in [0.4, 0.5) is 0 Å². The van der Waals surface area contributed by atoms with Crippen molar-refractivity contribution in [2.24, 2.45) is 11.8 Å². The quantitative estimate of drug-likeness (QED) is 0.724. The van der Waals surface area contributed by atoms with Crippen molar-refractivity contribution < 1.29 is 8.42 Å². The fourth-order valence-electron chi connectivity index (χ4n) is 3.37. The highest BCUT2D eigenvalue weighted by Gasteiger charge is 2.21. The summed E-state index contributed by atoms with van der Waals surface area (Å²) in [6.07, 6.45) is 2.73. The fraction of sp³-hybridized carbons (Fsp3) is 0.812. The van der Waals surface area contributed by atoms with Crippen molar-refractivity contribution >= 4 is 21.4 Å². The van der Waals surface area contributed by atoms with Crippen molar-refractivity contribution in [1.82, 2.24) is 14.6 Å². The first-order valence-electron chi connectivity index (χ1n) is 8.44. The fourth-order valence-corrected chi connectivity index (χ4v) is 5.35. The molecule has 1 saturated heterocycles. The molecular formula is C16H29N3O2S2. The number of aryl methyl sites for hydroxylation is 2. The number of sulfonamides is 1. The van der Waals surface area contributed by atoms with Gasteiger partial charge in [-0.3, -0.25) is 0 Å². The summed E-state index contributed by atoms with van der Waals surface area (Å²) in [6, 6.07) is 0.